The summed E-state index contributed by atoms with van der Waals surface area (Å²) in [6.45, 7) is 2.18. The molecule has 0 unspecified atom stereocenters. The molecule has 0 bridgehead atoms. The first-order chi connectivity index (χ1) is 14.6. The van der Waals surface area contributed by atoms with E-state index in [1.807, 2.05) is 0 Å². The Kier molecular flexibility index (Phi) is 20.6. The van der Waals surface area contributed by atoms with Gasteiger partial charge in [-0.15, -0.1) is 0 Å². The lowest BCUT2D eigenvalue weighted by atomic mass is 10.0. The molecule has 0 aromatic rings. The zero-order chi connectivity index (χ0) is 22.3. The molecule has 0 atom stereocenters. The first-order valence-electron chi connectivity index (χ1n) is 12.1. The number of hydrogen-bond acceptors (Lipinski definition) is 3. The van der Waals surface area contributed by atoms with Crippen LogP contribution in [-0.4, -0.2) is 42.6 Å². The van der Waals surface area contributed by atoms with Gasteiger partial charge in [-0.1, -0.05) is 103 Å². The minimum Gasteiger partial charge on any atom is -0.480 e. The number of carbonyl (C=O) groups excluding carboxylic acids is 2. The Morgan fingerprint density at radius 3 is 1.43 bits per heavy atom. The van der Waals surface area contributed by atoms with Crippen LogP contribution in [-0.2, 0) is 9.59 Å². The van der Waals surface area contributed by atoms with E-state index in [2.05, 4.69) is 22.9 Å². The number of unbranched alkanes of at least 4 members (excludes halogenated alkanes) is 15. The SMILES string of the molecule is CCCCCCCCCCCCCCCCCCNC(=O)NCC(=O)NCC(=O)O. The predicted molar refractivity (Wildman–Crippen MR) is 122 cm³/mol. The molecular formula is C23H45N3O4. The van der Waals surface area contributed by atoms with Gasteiger partial charge >= 0.3 is 12.0 Å². The van der Waals surface area contributed by atoms with Crippen LogP contribution in [0.1, 0.15) is 110 Å². The van der Waals surface area contributed by atoms with Gasteiger partial charge < -0.3 is 21.1 Å². The molecule has 7 heteroatoms. The lowest BCUT2D eigenvalue weighted by Crippen LogP contribution is -2.43. The van der Waals surface area contributed by atoms with E-state index in [1.54, 1.807) is 0 Å². The number of urea groups is 1. The van der Waals surface area contributed by atoms with Crippen LogP contribution in [0.3, 0.4) is 0 Å². The summed E-state index contributed by atoms with van der Waals surface area (Å²) in [6, 6.07) is -0.401. The smallest absolute Gasteiger partial charge is 0.322 e. The number of hydrogen-bond donors (Lipinski definition) is 4. The molecule has 0 saturated carbocycles. The summed E-state index contributed by atoms with van der Waals surface area (Å²) in [4.78, 5) is 33.1. The van der Waals surface area contributed by atoms with Crippen molar-refractivity contribution in [1.29, 1.82) is 0 Å². The minimum atomic E-state index is -1.11. The average molecular weight is 428 g/mol. The van der Waals surface area contributed by atoms with Gasteiger partial charge in [0.2, 0.25) is 5.91 Å². The second-order valence-corrected chi connectivity index (χ2v) is 8.08. The number of rotatable bonds is 21. The zero-order valence-corrected chi connectivity index (χ0v) is 19.1. The van der Waals surface area contributed by atoms with Crippen molar-refractivity contribution in [2.75, 3.05) is 19.6 Å². The Hall–Kier alpha value is -1.79. The van der Waals surface area contributed by atoms with Crippen molar-refractivity contribution < 1.29 is 19.5 Å². The van der Waals surface area contributed by atoms with E-state index in [4.69, 9.17) is 5.11 Å². The number of amides is 3. The Morgan fingerprint density at radius 1 is 0.567 bits per heavy atom. The molecule has 3 amide bonds. The van der Waals surface area contributed by atoms with Crippen LogP contribution in [0.2, 0.25) is 0 Å². The van der Waals surface area contributed by atoms with Crippen LogP contribution in [0.5, 0.6) is 0 Å². The maximum Gasteiger partial charge on any atom is 0.322 e. The molecule has 0 aliphatic heterocycles. The van der Waals surface area contributed by atoms with Gasteiger partial charge in [0, 0.05) is 6.54 Å². The Labute approximate surface area is 183 Å². The van der Waals surface area contributed by atoms with Crippen molar-refractivity contribution in [3.05, 3.63) is 0 Å². The van der Waals surface area contributed by atoms with Gasteiger partial charge in [-0.2, -0.15) is 0 Å². The average Bonchev–Trinajstić information content (AvgIpc) is 2.72. The third-order valence-corrected chi connectivity index (χ3v) is 5.16. The largest absolute Gasteiger partial charge is 0.480 e. The monoisotopic (exact) mass is 427 g/mol. The zero-order valence-electron chi connectivity index (χ0n) is 19.1. The number of carboxylic acids is 1. The highest BCUT2D eigenvalue weighted by Gasteiger charge is 2.06. The van der Waals surface area contributed by atoms with Gasteiger partial charge in [-0.3, -0.25) is 9.59 Å². The summed E-state index contributed by atoms with van der Waals surface area (Å²) in [5.41, 5.74) is 0. The summed E-state index contributed by atoms with van der Waals surface area (Å²) in [6.07, 6.45) is 21.0. The number of carboxylic acid groups (broad SMARTS) is 1. The number of carbonyl (C=O) groups is 3. The van der Waals surface area contributed by atoms with Crippen molar-refractivity contribution in [2.45, 2.75) is 110 Å². The fraction of sp³-hybridized carbons (Fsp3) is 0.870. The van der Waals surface area contributed by atoms with Crippen molar-refractivity contribution in [2.24, 2.45) is 0 Å². The molecule has 0 spiro atoms. The van der Waals surface area contributed by atoms with E-state index in [1.165, 1.54) is 89.9 Å². The summed E-state index contributed by atoms with van der Waals surface area (Å²) < 4.78 is 0. The fourth-order valence-corrected chi connectivity index (χ4v) is 3.33. The summed E-state index contributed by atoms with van der Waals surface area (Å²) in [5.74, 6) is -1.63. The second-order valence-electron chi connectivity index (χ2n) is 8.08. The Balaban J connectivity index is 3.22. The van der Waals surface area contributed by atoms with Crippen LogP contribution in [0, 0.1) is 0 Å². The molecular weight excluding hydrogens is 382 g/mol. The molecule has 7 nitrogen and oxygen atoms in total. The summed E-state index contributed by atoms with van der Waals surface area (Å²) in [7, 11) is 0. The van der Waals surface area contributed by atoms with Gasteiger partial charge in [0.15, 0.2) is 0 Å². The lowest BCUT2D eigenvalue weighted by molar-refractivity contribution is -0.137. The number of aliphatic carboxylic acids is 1. The number of nitrogens with one attached hydrogen (secondary N) is 3. The van der Waals surface area contributed by atoms with Gasteiger partial charge in [-0.25, -0.2) is 4.79 Å². The fourth-order valence-electron chi connectivity index (χ4n) is 3.33. The predicted octanol–water partition coefficient (Wildman–Crippen LogP) is 4.75. The van der Waals surface area contributed by atoms with E-state index in [0.717, 1.165) is 12.8 Å². The van der Waals surface area contributed by atoms with E-state index >= 15 is 0 Å². The lowest BCUT2D eigenvalue weighted by Gasteiger charge is -2.07. The standard InChI is InChI=1S/C23H45N3O4/c1-2-3-4-5-6-7-8-9-10-11-12-13-14-15-16-17-18-24-23(30)26-19-21(27)25-20-22(28)29/h2-20H2,1H3,(H,25,27)(H,28,29)(H2,24,26,30). The molecule has 0 radical (unpaired) electrons. The first kappa shape index (κ1) is 28.2. The van der Waals surface area contributed by atoms with Crippen LogP contribution >= 0.6 is 0 Å². The molecule has 0 fully saturated rings. The quantitative estimate of drug-likeness (QED) is 0.198. The van der Waals surface area contributed by atoms with E-state index in [9.17, 15) is 14.4 Å². The molecule has 0 aliphatic carbocycles. The molecule has 0 aromatic carbocycles. The van der Waals surface area contributed by atoms with E-state index in [-0.39, 0.29) is 6.54 Å². The summed E-state index contributed by atoms with van der Waals surface area (Å²) >= 11 is 0. The minimum absolute atomic E-state index is 0.224. The first-order valence-corrected chi connectivity index (χ1v) is 12.1. The topological polar surface area (TPSA) is 108 Å². The van der Waals surface area contributed by atoms with Gasteiger partial charge in [0.05, 0.1) is 6.54 Å². The molecule has 0 saturated heterocycles. The molecule has 0 aromatic heterocycles. The Bertz CT molecular complexity index is 444. The van der Waals surface area contributed by atoms with Gasteiger partial charge in [0.1, 0.15) is 6.54 Å². The molecule has 30 heavy (non-hydrogen) atoms. The molecule has 4 N–H and O–H groups in total. The highest BCUT2D eigenvalue weighted by molar-refractivity contribution is 5.86. The van der Waals surface area contributed by atoms with Crippen molar-refractivity contribution in [1.82, 2.24) is 16.0 Å². The van der Waals surface area contributed by atoms with Gasteiger partial charge in [-0.05, 0) is 6.42 Å². The molecule has 176 valence electrons. The Morgan fingerprint density at radius 2 is 1.00 bits per heavy atom. The molecule has 0 aliphatic rings. The van der Waals surface area contributed by atoms with Crippen LogP contribution in [0.4, 0.5) is 4.79 Å². The van der Waals surface area contributed by atoms with Crippen LogP contribution in [0.15, 0.2) is 0 Å². The maximum absolute atomic E-state index is 11.5. The third-order valence-electron chi connectivity index (χ3n) is 5.16. The maximum atomic E-state index is 11.5. The molecule has 0 heterocycles. The molecule has 0 rings (SSSR count). The van der Waals surface area contributed by atoms with E-state index in [0.29, 0.717) is 6.54 Å². The summed E-state index contributed by atoms with van der Waals surface area (Å²) in [5, 5.41) is 15.7. The normalized spacial score (nSPS) is 10.6. The second kappa shape index (κ2) is 21.9. The third kappa shape index (κ3) is 22.5. The van der Waals surface area contributed by atoms with E-state index < -0.39 is 24.5 Å². The van der Waals surface area contributed by atoms with Gasteiger partial charge in [0.25, 0.3) is 0 Å². The van der Waals surface area contributed by atoms with Crippen molar-refractivity contribution >= 4 is 17.9 Å². The van der Waals surface area contributed by atoms with Crippen molar-refractivity contribution in [3.63, 3.8) is 0 Å². The van der Waals surface area contributed by atoms with Crippen LogP contribution < -0.4 is 16.0 Å². The van der Waals surface area contributed by atoms with Crippen molar-refractivity contribution in [3.8, 4) is 0 Å². The highest BCUT2D eigenvalue weighted by atomic mass is 16.4. The highest BCUT2D eigenvalue weighted by Crippen LogP contribution is 2.13. The van der Waals surface area contributed by atoms with Crippen LogP contribution in [0.25, 0.3) is 0 Å².